The van der Waals surface area contributed by atoms with E-state index in [4.69, 9.17) is 30.4 Å². The van der Waals surface area contributed by atoms with Crippen LogP contribution in [0.2, 0.25) is 0 Å². The van der Waals surface area contributed by atoms with E-state index >= 15 is 0 Å². The lowest BCUT2D eigenvalue weighted by Gasteiger charge is -2.24. The number of fused-ring (bicyclic) bond motifs is 2. The van der Waals surface area contributed by atoms with Crippen molar-refractivity contribution >= 4 is 0 Å². The van der Waals surface area contributed by atoms with Crippen LogP contribution in [0, 0.1) is 36.5 Å². The number of nitriles is 2. The summed E-state index contributed by atoms with van der Waals surface area (Å²) in [5.74, 6) is 1.29. The lowest BCUT2D eigenvalue weighted by molar-refractivity contribution is 0.247. The van der Waals surface area contributed by atoms with Gasteiger partial charge in [-0.1, -0.05) is 24.3 Å². The third-order valence-corrected chi connectivity index (χ3v) is 7.47. The topological polar surface area (TPSA) is 194 Å². The molecule has 216 valence electrons. The molecule has 0 fully saturated rings. The number of nitrogens with zero attached hydrogens (tertiary/aromatic N) is 4. The van der Waals surface area contributed by atoms with Gasteiger partial charge in [0.1, 0.15) is 34.8 Å². The van der Waals surface area contributed by atoms with Gasteiger partial charge in [-0.3, -0.25) is 10.2 Å². The quantitative estimate of drug-likeness (QED) is 0.222. The first kappa shape index (κ1) is 27.3. The van der Waals surface area contributed by atoms with E-state index in [1.54, 1.807) is 0 Å². The molecular weight excluding hydrogens is 548 g/mol. The molecular formula is C31H28N8O4. The van der Waals surface area contributed by atoms with Crippen molar-refractivity contribution in [2.24, 2.45) is 11.5 Å². The number of benzene rings is 2. The zero-order valence-electron chi connectivity index (χ0n) is 23.5. The van der Waals surface area contributed by atoms with Crippen molar-refractivity contribution in [3.05, 3.63) is 105 Å². The molecule has 2 aliphatic heterocycles. The zero-order valence-corrected chi connectivity index (χ0v) is 23.5. The molecule has 43 heavy (non-hydrogen) atoms. The van der Waals surface area contributed by atoms with Crippen LogP contribution in [0.1, 0.15) is 51.9 Å². The number of nitrogens with two attached hydrogens (primary N) is 2. The van der Waals surface area contributed by atoms with Gasteiger partial charge in [0.05, 0.1) is 25.0 Å². The van der Waals surface area contributed by atoms with Crippen molar-refractivity contribution < 1.29 is 18.9 Å². The van der Waals surface area contributed by atoms with Crippen LogP contribution in [0.5, 0.6) is 23.3 Å². The van der Waals surface area contributed by atoms with Gasteiger partial charge in [-0.2, -0.15) is 10.5 Å². The number of ether oxygens (including phenoxy) is 4. The van der Waals surface area contributed by atoms with Gasteiger partial charge in [-0.05, 0) is 49.2 Å². The fourth-order valence-corrected chi connectivity index (χ4v) is 5.47. The van der Waals surface area contributed by atoms with Crippen molar-refractivity contribution in [3.8, 4) is 35.4 Å². The smallest absolute Gasteiger partial charge is 0.244 e. The summed E-state index contributed by atoms with van der Waals surface area (Å²) in [6, 6.07) is 19.5. The van der Waals surface area contributed by atoms with Crippen LogP contribution in [0.25, 0.3) is 0 Å². The largest absolute Gasteiger partial charge is 0.493 e. The standard InChI is InChI=1S/C31H28N8O4/c1-16-24-26(22(14-32)28(34)42-30(24)38-36-16)18-6-3-8-20(12-18)40-10-5-11-41-21-9-4-7-19(13-21)27-23(15-33)29(35)43-31-25(27)17(2)37-39-31/h3-4,6-9,12-13,26-27H,5,10-11,34-35H2,1-2H3,(H,36,38)(H,37,39). The number of aryl methyl sites for hydroxylation is 2. The molecule has 6 rings (SSSR count). The Labute approximate surface area is 247 Å². The summed E-state index contributed by atoms with van der Waals surface area (Å²) in [7, 11) is 0. The molecule has 2 aromatic heterocycles. The van der Waals surface area contributed by atoms with Crippen LogP contribution in [-0.4, -0.2) is 33.6 Å². The number of rotatable bonds is 8. The van der Waals surface area contributed by atoms with Crippen molar-refractivity contribution in [2.45, 2.75) is 32.1 Å². The number of aromatic amines is 2. The Morgan fingerprint density at radius 3 is 1.63 bits per heavy atom. The summed E-state index contributed by atoms with van der Waals surface area (Å²) in [5, 5.41) is 33.8. The van der Waals surface area contributed by atoms with Gasteiger partial charge in [0.2, 0.25) is 23.5 Å². The Bertz CT molecular complexity index is 1720. The van der Waals surface area contributed by atoms with Crippen LogP contribution in [0.4, 0.5) is 0 Å². The van der Waals surface area contributed by atoms with E-state index in [9.17, 15) is 10.5 Å². The van der Waals surface area contributed by atoms with E-state index in [0.29, 0.717) is 54.0 Å². The summed E-state index contributed by atoms with van der Waals surface area (Å²) < 4.78 is 23.2. The summed E-state index contributed by atoms with van der Waals surface area (Å²) in [6.45, 7) is 4.57. The second kappa shape index (κ2) is 11.2. The number of H-pyrrole nitrogens is 2. The van der Waals surface area contributed by atoms with Gasteiger partial charge in [-0.25, -0.2) is 0 Å². The number of hydrogen-bond acceptors (Lipinski definition) is 10. The van der Waals surface area contributed by atoms with Crippen molar-refractivity contribution in [1.29, 1.82) is 10.5 Å². The summed E-state index contributed by atoms with van der Waals surface area (Å²) in [4.78, 5) is 0. The maximum Gasteiger partial charge on any atom is 0.244 e. The minimum absolute atomic E-state index is 0.0412. The maximum absolute atomic E-state index is 9.81. The van der Waals surface area contributed by atoms with E-state index in [1.807, 2.05) is 62.4 Å². The first-order valence-electron chi connectivity index (χ1n) is 13.6. The molecule has 0 bridgehead atoms. The van der Waals surface area contributed by atoms with Gasteiger partial charge in [0.15, 0.2) is 0 Å². The van der Waals surface area contributed by atoms with Gasteiger partial charge in [0.25, 0.3) is 0 Å². The average Bonchev–Trinajstić information content (AvgIpc) is 3.56. The molecule has 0 saturated heterocycles. The molecule has 12 nitrogen and oxygen atoms in total. The molecule has 0 saturated carbocycles. The minimum atomic E-state index is -0.420. The molecule has 4 aromatic rings. The second-order valence-electron chi connectivity index (χ2n) is 10.2. The predicted molar refractivity (Wildman–Crippen MR) is 154 cm³/mol. The fraction of sp³-hybridized carbons (Fsp3) is 0.226. The molecule has 0 spiro atoms. The monoisotopic (exact) mass is 576 g/mol. The molecule has 2 atom stereocenters. The molecule has 0 radical (unpaired) electrons. The first-order chi connectivity index (χ1) is 20.9. The Balaban J connectivity index is 1.11. The molecule has 2 unspecified atom stereocenters. The molecule has 12 heteroatoms. The van der Waals surface area contributed by atoms with Crippen LogP contribution in [-0.2, 0) is 0 Å². The van der Waals surface area contributed by atoms with Crippen molar-refractivity contribution in [1.82, 2.24) is 20.4 Å². The third kappa shape index (κ3) is 4.96. The minimum Gasteiger partial charge on any atom is -0.493 e. The predicted octanol–water partition coefficient (Wildman–Crippen LogP) is 4.03. The molecule has 6 N–H and O–H groups in total. The lowest BCUT2D eigenvalue weighted by Crippen LogP contribution is -2.21. The van der Waals surface area contributed by atoms with Gasteiger partial charge in [-0.15, -0.1) is 10.2 Å². The molecule has 0 aliphatic carbocycles. The Kier molecular flexibility index (Phi) is 7.10. The SMILES string of the molecule is Cc1[nH]nc2c1C(c1cccc(OCCCOc3cccc(C4C(C#N)=C(N)Oc5n[nH]c(C)c54)c3)c1)C(C#N)=C(N)O2. The Hall–Kier alpha value is -5.88. The van der Waals surface area contributed by atoms with Crippen molar-refractivity contribution in [3.63, 3.8) is 0 Å². The molecule has 2 aromatic carbocycles. The average molecular weight is 577 g/mol. The summed E-state index contributed by atoms with van der Waals surface area (Å²) in [5.41, 5.74) is 17.6. The first-order valence-corrected chi connectivity index (χ1v) is 13.6. The maximum atomic E-state index is 9.81. The number of nitrogens with one attached hydrogen (secondary N) is 2. The van der Waals surface area contributed by atoms with Gasteiger partial charge in [0, 0.05) is 28.9 Å². The fourth-order valence-electron chi connectivity index (χ4n) is 5.47. The third-order valence-electron chi connectivity index (χ3n) is 7.47. The van der Waals surface area contributed by atoms with Crippen LogP contribution in [0.3, 0.4) is 0 Å². The van der Waals surface area contributed by atoms with E-state index in [-0.39, 0.29) is 11.8 Å². The molecule has 4 heterocycles. The highest BCUT2D eigenvalue weighted by Crippen LogP contribution is 2.44. The summed E-state index contributed by atoms with van der Waals surface area (Å²) >= 11 is 0. The molecule has 0 amide bonds. The highest BCUT2D eigenvalue weighted by Gasteiger charge is 2.35. The molecule has 2 aliphatic rings. The second-order valence-corrected chi connectivity index (χ2v) is 10.2. The highest BCUT2D eigenvalue weighted by atomic mass is 16.5. The number of allylic oxidation sites excluding steroid dienone is 2. The Morgan fingerprint density at radius 1 is 0.767 bits per heavy atom. The van der Waals surface area contributed by atoms with Crippen LogP contribution in [0.15, 0.2) is 71.4 Å². The highest BCUT2D eigenvalue weighted by molar-refractivity contribution is 5.57. The van der Waals surface area contributed by atoms with Gasteiger partial charge < -0.3 is 30.4 Å². The van der Waals surface area contributed by atoms with E-state index in [2.05, 4.69) is 32.5 Å². The van der Waals surface area contributed by atoms with E-state index in [0.717, 1.165) is 33.6 Å². The van der Waals surface area contributed by atoms with E-state index < -0.39 is 11.8 Å². The number of hydrogen-bond donors (Lipinski definition) is 4. The zero-order chi connectivity index (χ0) is 30.1. The van der Waals surface area contributed by atoms with Crippen LogP contribution >= 0.6 is 0 Å². The normalized spacial score (nSPS) is 17.2. The lowest BCUT2D eigenvalue weighted by atomic mass is 9.84. The van der Waals surface area contributed by atoms with E-state index in [1.165, 1.54) is 0 Å². The van der Waals surface area contributed by atoms with Crippen LogP contribution < -0.4 is 30.4 Å². The number of aromatic nitrogens is 4. The summed E-state index contributed by atoms with van der Waals surface area (Å²) in [6.07, 6.45) is 0.617. The van der Waals surface area contributed by atoms with Gasteiger partial charge >= 0.3 is 0 Å². The van der Waals surface area contributed by atoms with Crippen molar-refractivity contribution in [2.75, 3.05) is 13.2 Å². The Morgan fingerprint density at radius 2 is 1.21 bits per heavy atom.